The topological polar surface area (TPSA) is 42.1 Å². The SMILES string of the molecule is CCN(c1ccc(C)cc1)c1cc(N)cc(Cl)n1. The molecular weight excluding hydrogens is 246 g/mol. The molecule has 0 radical (unpaired) electrons. The third-order valence-corrected chi connectivity index (χ3v) is 2.93. The first-order valence-electron chi connectivity index (χ1n) is 5.87. The van der Waals surface area contributed by atoms with Gasteiger partial charge in [0.2, 0.25) is 0 Å². The molecule has 0 unspecified atom stereocenters. The van der Waals surface area contributed by atoms with Gasteiger partial charge in [0.25, 0.3) is 0 Å². The number of aryl methyl sites for hydroxylation is 1. The molecule has 1 aromatic carbocycles. The van der Waals surface area contributed by atoms with E-state index < -0.39 is 0 Å². The first kappa shape index (κ1) is 12.7. The van der Waals surface area contributed by atoms with Gasteiger partial charge in [-0.15, -0.1) is 0 Å². The van der Waals surface area contributed by atoms with Crippen molar-refractivity contribution in [3.05, 3.63) is 47.1 Å². The van der Waals surface area contributed by atoms with Gasteiger partial charge in [-0.2, -0.15) is 0 Å². The molecule has 0 fully saturated rings. The lowest BCUT2D eigenvalue weighted by Gasteiger charge is -2.22. The highest BCUT2D eigenvalue weighted by atomic mass is 35.5. The Bertz CT molecular complexity index is 517. The van der Waals surface area contributed by atoms with E-state index in [4.69, 9.17) is 17.3 Å². The van der Waals surface area contributed by atoms with Gasteiger partial charge in [0.15, 0.2) is 0 Å². The molecule has 0 aliphatic carbocycles. The van der Waals surface area contributed by atoms with Crippen LogP contribution in [0.15, 0.2) is 36.4 Å². The van der Waals surface area contributed by atoms with E-state index in [0.717, 1.165) is 18.1 Å². The van der Waals surface area contributed by atoms with Crippen LogP contribution in [0.4, 0.5) is 17.2 Å². The summed E-state index contributed by atoms with van der Waals surface area (Å²) in [4.78, 5) is 6.39. The summed E-state index contributed by atoms with van der Waals surface area (Å²) in [5, 5.41) is 0.413. The van der Waals surface area contributed by atoms with E-state index in [1.165, 1.54) is 5.56 Å². The summed E-state index contributed by atoms with van der Waals surface area (Å²) in [5.41, 5.74) is 8.73. The maximum atomic E-state index is 5.95. The number of rotatable bonds is 3. The van der Waals surface area contributed by atoms with Crippen LogP contribution >= 0.6 is 11.6 Å². The van der Waals surface area contributed by atoms with Crippen molar-refractivity contribution < 1.29 is 0 Å². The molecule has 0 saturated carbocycles. The van der Waals surface area contributed by atoms with Gasteiger partial charge in [-0.05, 0) is 32.0 Å². The first-order valence-corrected chi connectivity index (χ1v) is 6.25. The number of hydrogen-bond donors (Lipinski definition) is 1. The standard InChI is InChI=1S/C14H16ClN3/c1-3-18(12-6-4-10(2)5-7-12)14-9-11(16)8-13(15)17-14/h4-9H,3H2,1-2H3,(H2,16,17). The maximum Gasteiger partial charge on any atom is 0.136 e. The van der Waals surface area contributed by atoms with Gasteiger partial charge < -0.3 is 10.6 Å². The van der Waals surface area contributed by atoms with E-state index in [-0.39, 0.29) is 0 Å². The van der Waals surface area contributed by atoms with Crippen molar-refractivity contribution in [2.24, 2.45) is 0 Å². The van der Waals surface area contributed by atoms with Gasteiger partial charge in [0.05, 0.1) is 0 Å². The summed E-state index contributed by atoms with van der Waals surface area (Å²) in [7, 11) is 0. The molecule has 0 aliphatic rings. The Hall–Kier alpha value is -1.74. The minimum atomic E-state index is 0.413. The molecule has 0 saturated heterocycles. The number of hydrogen-bond acceptors (Lipinski definition) is 3. The van der Waals surface area contributed by atoms with Crippen molar-refractivity contribution >= 4 is 28.8 Å². The van der Waals surface area contributed by atoms with Crippen LogP contribution in [-0.2, 0) is 0 Å². The third kappa shape index (κ3) is 2.74. The normalized spacial score (nSPS) is 10.4. The van der Waals surface area contributed by atoms with E-state index in [9.17, 15) is 0 Å². The predicted octanol–water partition coefficient (Wildman–Crippen LogP) is 3.78. The zero-order chi connectivity index (χ0) is 13.1. The van der Waals surface area contributed by atoms with Crippen molar-refractivity contribution in [1.82, 2.24) is 4.98 Å². The Morgan fingerprint density at radius 1 is 1.22 bits per heavy atom. The molecular formula is C14H16ClN3. The monoisotopic (exact) mass is 261 g/mol. The Labute approximate surface area is 112 Å². The van der Waals surface area contributed by atoms with Crippen molar-refractivity contribution in [2.45, 2.75) is 13.8 Å². The summed E-state index contributed by atoms with van der Waals surface area (Å²) in [5.74, 6) is 0.770. The van der Waals surface area contributed by atoms with Crippen LogP contribution in [-0.4, -0.2) is 11.5 Å². The van der Waals surface area contributed by atoms with E-state index in [1.54, 1.807) is 6.07 Å². The molecule has 2 aromatic rings. The van der Waals surface area contributed by atoms with Crippen LogP contribution in [0, 0.1) is 6.92 Å². The van der Waals surface area contributed by atoms with E-state index >= 15 is 0 Å². The number of benzene rings is 1. The Balaban J connectivity index is 2.41. The van der Waals surface area contributed by atoms with Crippen LogP contribution in [0.2, 0.25) is 5.15 Å². The molecule has 1 aromatic heterocycles. The Kier molecular flexibility index (Phi) is 3.72. The first-order chi connectivity index (χ1) is 8.60. The lowest BCUT2D eigenvalue weighted by molar-refractivity contribution is 0.990. The molecule has 0 spiro atoms. The molecule has 0 atom stereocenters. The average molecular weight is 262 g/mol. The molecule has 94 valence electrons. The Morgan fingerprint density at radius 3 is 2.44 bits per heavy atom. The molecule has 2 N–H and O–H groups in total. The minimum Gasteiger partial charge on any atom is -0.399 e. The average Bonchev–Trinajstić information content (AvgIpc) is 2.31. The molecule has 0 aliphatic heterocycles. The summed E-state index contributed by atoms with van der Waals surface area (Å²) < 4.78 is 0. The van der Waals surface area contributed by atoms with Crippen molar-refractivity contribution in [1.29, 1.82) is 0 Å². The maximum absolute atomic E-state index is 5.95. The largest absolute Gasteiger partial charge is 0.399 e. The second-order valence-corrected chi connectivity index (χ2v) is 4.55. The Morgan fingerprint density at radius 2 is 1.89 bits per heavy atom. The van der Waals surface area contributed by atoms with Gasteiger partial charge in [-0.1, -0.05) is 29.3 Å². The van der Waals surface area contributed by atoms with E-state index in [0.29, 0.717) is 10.8 Å². The second-order valence-electron chi connectivity index (χ2n) is 4.16. The number of anilines is 3. The molecule has 0 amide bonds. The van der Waals surface area contributed by atoms with Crippen LogP contribution in [0.1, 0.15) is 12.5 Å². The van der Waals surface area contributed by atoms with E-state index in [2.05, 4.69) is 48.0 Å². The van der Waals surface area contributed by atoms with Gasteiger partial charge in [0.1, 0.15) is 11.0 Å². The molecule has 2 rings (SSSR count). The highest BCUT2D eigenvalue weighted by Gasteiger charge is 2.09. The van der Waals surface area contributed by atoms with Crippen LogP contribution in [0.3, 0.4) is 0 Å². The number of nitrogens with zero attached hydrogens (tertiary/aromatic N) is 2. The lowest BCUT2D eigenvalue weighted by Crippen LogP contribution is -2.17. The quantitative estimate of drug-likeness (QED) is 0.855. The number of nitrogens with two attached hydrogens (primary N) is 1. The number of halogens is 1. The van der Waals surface area contributed by atoms with Crippen molar-refractivity contribution in [2.75, 3.05) is 17.2 Å². The molecule has 1 heterocycles. The highest BCUT2D eigenvalue weighted by molar-refractivity contribution is 6.29. The smallest absolute Gasteiger partial charge is 0.136 e. The summed E-state index contributed by atoms with van der Waals surface area (Å²) in [6.07, 6.45) is 0. The highest BCUT2D eigenvalue weighted by Crippen LogP contribution is 2.26. The fourth-order valence-electron chi connectivity index (χ4n) is 1.84. The second kappa shape index (κ2) is 5.27. The number of pyridine rings is 1. The molecule has 4 heteroatoms. The number of nitrogen functional groups attached to an aromatic ring is 1. The lowest BCUT2D eigenvalue weighted by atomic mass is 10.2. The van der Waals surface area contributed by atoms with Crippen LogP contribution in [0.25, 0.3) is 0 Å². The number of aromatic nitrogens is 1. The van der Waals surface area contributed by atoms with Crippen molar-refractivity contribution in [3.8, 4) is 0 Å². The van der Waals surface area contributed by atoms with Gasteiger partial charge >= 0.3 is 0 Å². The van der Waals surface area contributed by atoms with Gasteiger partial charge in [-0.3, -0.25) is 0 Å². The summed E-state index contributed by atoms with van der Waals surface area (Å²) >= 11 is 5.95. The molecule has 18 heavy (non-hydrogen) atoms. The van der Waals surface area contributed by atoms with E-state index in [1.807, 2.05) is 6.07 Å². The third-order valence-electron chi connectivity index (χ3n) is 2.74. The minimum absolute atomic E-state index is 0.413. The summed E-state index contributed by atoms with van der Waals surface area (Å²) in [6, 6.07) is 11.8. The fourth-order valence-corrected chi connectivity index (χ4v) is 2.05. The zero-order valence-electron chi connectivity index (χ0n) is 10.5. The predicted molar refractivity (Wildman–Crippen MR) is 77.5 cm³/mol. The molecule has 0 bridgehead atoms. The van der Waals surface area contributed by atoms with Crippen LogP contribution in [0.5, 0.6) is 0 Å². The zero-order valence-corrected chi connectivity index (χ0v) is 11.3. The van der Waals surface area contributed by atoms with Crippen molar-refractivity contribution in [3.63, 3.8) is 0 Å². The fraction of sp³-hybridized carbons (Fsp3) is 0.214. The molecule has 3 nitrogen and oxygen atoms in total. The summed E-state index contributed by atoms with van der Waals surface area (Å²) in [6.45, 7) is 4.93. The van der Waals surface area contributed by atoms with Gasteiger partial charge in [-0.25, -0.2) is 4.98 Å². The van der Waals surface area contributed by atoms with Gasteiger partial charge in [0, 0.05) is 24.0 Å². The van der Waals surface area contributed by atoms with Crippen LogP contribution < -0.4 is 10.6 Å².